The van der Waals surface area contributed by atoms with Crippen molar-refractivity contribution in [3.05, 3.63) is 47.5 Å². The summed E-state index contributed by atoms with van der Waals surface area (Å²) in [6.07, 6.45) is -0.495. The van der Waals surface area contributed by atoms with Gasteiger partial charge in [-0.3, -0.25) is 0 Å². The van der Waals surface area contributed by atoms with Crippen LogP contribution in [0.5, 0.6) is 0 Å². The van der Waals surface area contributed by atoms with Crippen LogP contribution in [0.4, 0.5) is 13.2 Å². The molecule has 0 unspecified atom stereocenters. The maximum atomic E-state index is 12.8. The van der Waals surface area contributed by atoms with Crippen molar-refractivity contribution in [2.75, 3.05) is 0 Å². The lowest BCUT2D eigenvalue weighted by atomic mass is 9.94. The average molecular weight is 295 g/mol. The van der Waals surface area contributed by atoms with Gasteiger partial charge in [0, 0.05) is 0 Å². The molecule has 1 atom stereocenters. The van der Waals surface area contributed by atoms with Crippen LogP contribution in [0, 0.1) is 0 Å². The van der Waals surface area contributed by atoms with Crippen LogP contribution in [-0.4, -0.2) is 6.18 Å². The van der Waals surface area contributed by atoms with E-state index in [4.69, 9.17) is 5.73 Å². The predicted octanol–water partition coefficient (Wildman–Crippen LogP) is 5.13. The number of rotatable bonds is 5. The van der Waals surface area contributed by atoms with Crippen molar-refractivity contribution in [3.63, 3.8) is 0 Å². The summed E-state index contributed by atoms with van der Waals surface area (Å²) in [6.45, 7) is 2.11. The summed E-state index contributed by atoms with van der Waals surface area (Å²) in [4.78, 5) is 0. The van der Waals surface area contributed by atoms with Crippen LogP contribution >= 0.6 is 0 Å². The second-order valence-electron chi connectivity index (χ2n) is 5.38. The largest absolute Gasteiger partial charge is 0.407 e. The maximum absolute atomic E-state index is 12.8. The molecule has 0 radical (unpaired) electrons. The summed E-state index contributed by atoms with van der Waals surface area (Å²) in [5.41, 5.74) is 6.46. The second-order valence-corrected chi connectivity index (χ2v) is 5.38. The molecule has 4 heteroatoms. The number of hydrogen-bond donors (Lipinski definition) is 1. The maximum Gasteiger partial charge on any atom is 0.407 e. The van der Waals surface area contributed by atoms with E-state index in [1.165, 1.54) is 0 Å². The Morgan fingerprint density at radius 3 is 2.48 bits per heavy atom. The first-order valence-corrected chi connectivity index (χ1v) is 7.27. The van der Waals surface area contributed by atoms with Crippen LogP contribution in [0.15, 0.2) is 36.4 Å². The Morgan fingerprint density at radius 2 is 1.81 bits per heavy atom. The van der Waals surface area contributed by atoms with Crippen LogP contribution < -0.4 is 5.73 Å². The Kier molecular flexibility index (Phi) is 4.88. The fraction of sp³-hybridized carbons (Fsp3) is 0.412. The van der Waals surface area contributed by atoms with E-state index in [9.17, 15) is 13.2 Å². The fourth-order valence-corrected chi connectivity index (χ4v) is 2.56. The number of hydrogen-bond acceptors (Lipinski definition) is 1. The first-order chi connectivity index (χ1) is 9.93. The van der Waals surface area contributed by atoms with E-state index in [1.54, 1.807) is 12.1 Å². The minimum atomic E-state index is -4.41. The summed E-state index contributed by atoms with van der Waals surface area (Å²) >= 11 is 0. The van der Waals surface area contributed by atoms with Crippen molar-refractivity contribution >= 4 is 10.8 Å². The normalized spacial score (nSPS) is 13.6. The summed E-state index contributed by atoms with van der Waals surface area (Å²) in [7, 11) is 0. The lowest BCUT2D eigenvalue weighted by molar-refractivity contribution is -0.149. The molecule has 2 N–H and O–H groups in total. The number of fused-ring (bicyclic) bond motifs is 1. The Bertz CT molecular complexity index is 604. The van der Waals surface area contributed by atoms with Crippen LogP contribution in [-0.2, 0) is 6.42 Å². The lowest BCUT2D eigenvalue weighted by Gasteiger charge is -2.18. The molecule has 0 aromatic heterocycles. The highest BCUT2D eigenvalue weighted by Gasteiger charge is 2.38. The summed E-state index contributed by atoms with van der Waals surface area (Å²) in [5, 5.41) is 1.84. The van der Waals surface area contributed by atoms with Crippen molar-refractivity contribution < 1.29 is 13.2 Å². The van der Waals surface area contributed by atoms with Gasteiger partial charge in [-0.15, -0.1) is 0 Å². The van der Waals surface area contributed by atoms with E-state index >= 15 is 0 Å². The molecule has 0 aliphatic rings. The highest BCUT2D eigenvalue weighted by Crippen LogP contribution is 2.33. The molecule has 0 spiro atoms. The summed E-state index contributed by atoms with van der Waals surface area (Å²) < 4.78 is 38.5. The smallest absolute Gasteiger partial charge is 0.316 e. The molecule has 1 nitrogen and oxygen atoms in total. The van der Waals surface area contributed by atoms with Gasteiger partial charge >= 0.3 is 6.18 Å². The highest BCUT2D eigenvalue weighted by molar-refractivity contribution is 5.86. The number of unbranched alkanes of at least 4 members (excludes halogenated alkanes) is 2. The SMILES string of the molecule is CCCCCc1cc([C@H](N)C(F)(F)F)cc2ccccc12. The van der Waals surface area contributed by atoms with E-state index < -0.39 is 12.2 Å². The topological polar surface area (TPSA) is 26.0 Å². The minimum absolute atomic E-state index is 0.146. The van der Waals surface area contributed by atoms with Gasteiger partial charge in [-0.2, -0.15) is 13.2 Å². The molecule has 0 saturated heterocycles. The second kappa shape index (κ2) is 6.48. The van der Waals surface area contributed by atoms with E-state index in [1.807, 2.05) is 24.3 Å². The van der Waals surface area contributed by atoms with Gasteiger partial charge in [-0.25, -0.2) is 0 Å². The number of aryl methyl sites for hydroxylation is 1. The van der Waals surface area contributed by atoms with Gasteiger partial charge in [0.2, 0.25) is 0 Å². The minimum Gasteiger partial charge on any atom is -0.316 e. The molecule has 114 valence electrons. The third-order valence-electron chi connectivity index (χ3n) is 3.73. The third kappa shape index (κ3) is 3.76. The summed E-state index contributed by atoms with van der Waals surface area (Å²) in [6, 6.07) is 8.79. The van der Waals surface area contributed by atoms with E-state index in [0.717, 1.165) is 42.0 Å². The molecule has 0 saturated carbocycles. The summed E-state index contributed by atoms with van der Waals surface area (Å²) in [5.74, 6) is 0. The number of nitrogens with two attached hydrogens (primary N) is 1. The predicted molar refractivity (Wildman–Crippen MR) is 80.2 cm³/mol. The molecule has 0 bridgehead atoms. The molecule has 0 heterocycles. The molecule has 0 fully saturated rings. The van der Waals surface area contributed by atoms with Gasteiger partial charge in [0.15, 0.2) is 0 Å². The molecular formula is C17H20F3N. The Hall–Kier alpha value is -1.55. The number of alkyl halides is 3. The molecule has 2 rings (SSSR count). The van der Waals surface area contributed by atoms with Gasteiger partial charge < -0.3 is 5.73 Å². The average Bonchev–Trinajstić information content (AvgIpc) is 2.45. The van der Waals surface area contributed by atoms with Gasteiger partial charge in [-0.05, 0) is 40.8 Å². The molecule has 0 amide bonds. The first-order valence-electron chi connectivity index (χ1n) is 7.27. The van der Waals surface area contributed by atoms with Crippen molar-refractivity contribution in [1.29, 1.82) is 0 Å². The Labute approximate surface area is 123 Å². The highest BCUT2D eigenvalue weighted by atomic mass is 19.4. The zero-order valence-corrected chi connectivity index (χ0v) is 12.1. The Balaban J connectivity index is 2.44. The molecule has 0 aliphatic heterocycles. The third-order valence-corrected chi connectivity index (χ3v) is 3.73. The van der Waals surface area contributed by atoms with Crippen LogP contribution in [0.3, 0.4) is 0 Å². The van der Waals surface area contributed by atoms with Crippen molar-refractivity contribution in [2.45, 2.75) is 44.8 Å². The molecular weight excluding hydrogens is 275 g/mol. The van der Waals surface area contributed by atoms with Gasteiger partial charge in [0.25, 0.3) is 0 Å². The first kappa shape index (κ1) is 15.8. The number of halogens is 3. The number of benzene rings is 2. The quantitative estimate of drug-likeness (QED) is 0.760. The lowest BCUT2D eigenvalue weighted by Crippen LogP contribution is -2.28. The zero-order valence-electron chi connectivity index (χ0n) is 12.1. The van der Waals surface area contributed by atoms with Gasteiger partial charge in [-0.1, -0.05) is 50.1 Å². The van der Waals surface area contributed by atoms with Crippen LogP contribution in [0.2, 0.25) is 0 Å². The standard InChI is InChI=1S/C17H20F3N/c1-2-3-4-7-12-10-14(16(21)17(18,19)20)11-13-8-5-6-9-15(12)13/h5-6,8-11,16H,2-4,7,21H2,1H3/t16-/m0/s1. The molecule has 2 aromatic carbocycles. The van der Waals surface area contributed by atoms with Gasteiger partial charge in [0.1, 0.15) is 6.04 Å². The van der Waals surface area contributed by atoms with Crippen molar-refractivity contribution in [3.8, 4) is 0 Å². The van der Waals surface area contributed by atoms with E-state index in [0.29, 0.717) is 0 Å². The van der Waals surface area contributed by atoms with Crippen LogP contribution in [0.1, 0.15) is 43.4 Å². The molecule has 21 heavy (non-hydrogen) atoms. The van der Waals surface area contributed by atoms with E-state index in [-0.39, 0.29) is 5.56 Å². The van der Waals surface area contributed by atoms with Crippen LogP contribution in [0.25, 0.3) is 10.8 Å². The molecule has 0 aliphatic carbocycles. The zero-order chi connectivity index (χ0) is 15.5. The monoisotopic (exact) mass is 295 g/mol. The van der Waals surface area contributed by atoms with Crippen molar-refractivity contribution in [1.82, 2.24) is 0 Å². The van der Waals surface area contributed by atoms with Gasteiger partial charge in [0.05, 0.1) is 0 Å². The van der Waals surface area contributed by atoms with Crippen molar-refractivity contribution in [2.24, 2.45) is 5.73 Å². The Morgan fingerprint density at radius 1 is 1.10 bits per heavy atom. The molecule has 2 aromatic rings. The van der Waals surface area contributed by atoms with E-state index in [2.05, 4.69) is 6.92 Å². The fourth-order valence-electron chi connectivity index (χ4n) is 2.56.